The minimum Gasteiger partial charge on any atom is -0.497 e. The van der Waals surface area contributed by atoms with Crippen molar-refractivity contribution in [1.29, 1.82) is 0 Å². The molecule has 0 radical (unpaired) electrons. The topological polar surface area (TPSA) is 45.3 Å². The van der Waals surface area contributed by atoms with Crippen molar-refractivity contribution in [2.75, 3.05) is 20.2 Å². The number of amides is 1. The van der Waals surface area contributed by atoms with Gasteiger partial charge in [-0.15, -0.1) is 0 Å². The molecule has 4 heteroatoms. The van der Waals surface area contributed by atoms with E-state index in [2.05, 4.69) is 52.5 Å². The van der Waals surface area contributed by atoms with Crippen molar-refractivity contribution in [3.05, 3.63) is 65.4 Å². The fraction of sp³-hybridized carbons (Fsp3) is 0.423. The number of benzene rings is 2. The number of nitrogens with one attached hydrogen (secondary N) is 1. The van der Waals surface area contributed by atoms with Crippen LogP contribution in [0, 0.1) is 0 Å². The van der Waals surface area contributed by atoms with Crippen LogP contribution >= 0.6 is 0 Å². The molecule has 1 atom stereocenters. The summed E-state index contributed by atoms with van der Waals surface area (Å²) in [5, 5.41) is 1.33. The SMILES string of the molecule is COc1ccc2c(c1)CCCC2CC(=O)N1CCC(c2c[nH]c3ccccc23)CC1. The fourth-order valence-electron chi connectivity index (χ4n) is 5.44. The average molecular weight is 403 g/mol. The second kappa shape index (κ2) is 8.17. The van der Waals surface area contributed by atoms with Gasteiger partial charge in [0.05, 0.1) is 7.11 Å². The van der Waals surface area contributed by atoms with Crippen LogP contribution in [-0.2, 0) is 11.2 Å². The van der Waals surface area contributed by atoms with Crippen LogP contribution in [0.3, 0.4) is 0 Å². The molecule has 156 valence electrons. The number of aromatic amines is 1. The first kappa shape index (κ1) is 19.2. The fourth-order valence-corrected chi connectivity index (χ4v) is 5.44. The van der Waals surface area contributed by atoms with Gasteiger partial charge in [0.1, 0.15) is 5.75 Å². The summed E-state index contributed by atoms with van der Waals surface area (Å²) in [7, 11) is 1.71. The van der Waals surface area contributed by atoms with Gasteiger partial charge in [0.15, 0.2) is 0 Å². The largest absolute Gasteiger partial charge is 0.497 e. The number of piperidine rings is 1. The van der Waals surface area contributed by atoms with Crippen LogP contribution < -0.4 is 4.74 Å². The molecule has 1 saturated heterocycles. The molecule has 0 saturated carbocycles. The van der Waals surface area contributed by atoms with E-state index >= 15 is 0 Å². The quantitative estimate of drug-likeness (QED) is 0.636. The van der Waals surface area contributed by atoms with E-state index in [-0.39, 0.29) is 0 Å². The number of methoxy groups -OCH3 is 1. The van der Waals surface area contributed by atoms with Crippen molar-refractivity contribution in [2.45, 2.75) is 50.4 Å². The standard InChI is InChI=1S/C26H30N2O2/c1-30-21-9-10-22-19(15-21)5-4-6-20(22)16-26(29)28-13-11-18(12-14-28)24-17-27-25-8-3-2-7-23(24)25/h2-3,7-10,15,17-18,20,27H,4-6,11-14,16H2,1H3. The van der Waals surface area contributed by atoms with Crippen LogP contribution in [0.25, 0.3) is 10.9 Å². The lowest BCUT2D eigenvalue weighted by molar-refractivity contribution is -0.132. The summed E-state index contributed by atoms with van der Waals surface area (Å²) < 4.78 is 5.38. The summed E-state index contributed by atoms with van der Waals surface area (Å²) in [5.41, 5.74) is 5.33. The van der Waals surface area contributed by atoms with Crippen LogP contribution in [0.4, 0.5) is 0 Å². The van der Waals surface area contributed by atoms with Crippen molar-refractivity contribution in [3.63, 3.8) is 0 Å². The zero-order valence-electron chi connectivity index (χ0n) is 17.7. The van der Waals surface area contributed by atoms with Gasteiger partial charge in [0.2, 0.25) is 5.91 Å². The zero-order valence-corrected chi connectivity index (χ0v) is 17.7. The zero-order chi connectivity index (χ0) is 20.5. The Hall–Kier alpha value is -2.75. The maximum absolute atomic E-state index is 13.1. The Bertz CT molecular complexity index is 1050. The summed E-state index contributed by atoms with van der Waals surface area (Å²) in [6, 6.07) is 14.9. The number of rotatable bonds is 4. The molecule has 0 bridgehead atoms. The highest BCUT2D eigenvalue weighted by Gasteiger charge is 2.29. The van der Waals surface area contributed by atoms with E-state index in [4.69, 9.17) is 4.74 Å². The first-order valence-corrected chi connectivity index (χ1v) is 11.2. The Kier molecular flexibility index (Phi) is 5.24. The third kappa shape index (κ3) is 3.60. The highest BCUT2D eigenvalue weighted by molar-refractivity contribution is 5.83. The van der Waals surface area contributed by atoms with Crippen molar-refractivity contribution in [2.24, 2.45) is 0 Å². The number of aryl methyl sites for hydroxylation is 1. The Balaban J connectivity index is 1.23. The smallest absolute Gasteiger partial charge is 0.223 e. The molecular weight excluding hydrogens is 372 g/mol. The van der Waals surface area contributed by atoms with Crippen molar-refractivity contribution in [3.8, 4) is 5.75 Å². The first-order valence-electron chi connectivity index (χ1n) is 11.2. The van der Waals surface area contributed by atoms with E-state index in [0.717, 1.165) is 50.9 Å². The lowest BCUT2D eigenvalue weighted by atomic mass is 9.80. The summed E-state index contributed by atoms with van der Waals surface area (Å²) in [5.74, 6) is 2.12. The maximum atomic E-state index is 13.1. The van der Waals surface area contributed by atoms with Gasteiger partial charge in [0, 0.05) is 36.6 Å². The number of ether oxygens (including phenoxy) is 1. The number of hydrogen-bond donors (Lipinski definition) is 1. The normalized spacial score (nSPS) is 19.6. The molecule has 5 rings (SSSR count). The number of hydrogen-bond acceptors (Lipinski definition) is 2. The summed E-state index contributed by atoms with van der Waals surface area (Å²) in [6.07, 6.45) is 8.25. The molecule has 30 heavy (non-hydrogen) atoms. The molecule has 1 aliphatic carbocycles. The predicted octanol–water partition coefficient (Wildman–Crippen LogP) is 5.39. The Labute approximate surface area is 178 Å². The van der Waals surface area contributed by atoms with Crippen LogP contribution in [0.2, 0.25) is 0 Å². The number of fused-ring (bicyclic) bond motifs is 2. The highest BCUT2D eigenvalue weighted by Crippen LogP contribution is 2.37. The molecule has 1 unspecified atom stereocenters. The number of aromatic nitrogens is 1. The molecule has 2 heterocycles. The van der Waals surface area contributed by atoms with Gasteiger partial charge in [-0.2, -0.15) is 0 Å². The Morgan fingerprint density at radius 3 is 2.77 bits per heavy atom. The molecule has 1 aliphatic heterocycles. The number of carbonyl (C=O) groups excluding carboxylic acids is 1. The van der Waals surface area contributed by atoms with Crippen LogP contribution in [-0.4, -0.2) is 36.0 Å². The van der Waals surface area contributed by atoms with Crippen molar-refractivity contribution >= 4 is 16.8 Å². The minimum absolute atomic E-state index is 0.320. The minimum atomic E-state index is 0.320. The second-order valence-electron chi connectivity index (χ2n) is 8.80. The van der Waals surface area contributed by atoms with E-state index in [1.54, 1.807) is 7.11 Å². The van der Waals surface area contributed by atoms with Crippen molar-refractivity contribution < 1.29 is 9.53 Å². The number of H-pyrrole nitrogens is 1. The van der Waals surface area contributed by atoms with E-state index < -0.39 is 0 Å². The maximum Gasteiger partial charge on any atom is 0.223 e. The average Bonchev–Trinajstić information content (AvgIpc) is 3.23. The third-order valence-electron chi connectivity index (χ3n) is 7.12. The second-order valence-corrected chi connectivity index (χ2v) is 8.80. The van der Waals surface area contributed by atoms with E-state index in [1.165, 1.54) is 27.6 Å². The molecule has 1 aromatic heterocycles. The lowest BCUT2D eigenvalue weighted by Crippen LogP contribution is -2.38. The lowest BCUT2D eigenvalue weighted by Gasteiger charge is -2.34. The van der Waals surface area contributed by atoms with Crippen LogP contribution in [0.1, 0.15) is 60.6 Å². The van der Waals surface area contributed by atoms with Gasteiger partial charge in [-0.3, -0.25) is 4.79 Å². The molecule has 3 aromatic rings. The molecule has 1 amide bonds. The molecule has 4 nitrogen and oxygen atoms in total. The number of carbonyl (C=O) groups is 1. The molecule has 1 N–H and O–H groups in total. The first-order chi connectivity index (χ1) is 14.7. The van der Waals surface area contributed by atoms with Gasteiger partial charge in [-0.1, -0.05) is 24.3 Å². The highest BCUT2D eigenvalue weighted by atomic mass is 16.5. The van der Waals surface area contributed by atoms with Gasteiger partial charge in [-0.25, -0.2) is 0 Å². The molecule has 0 spiro atoms. The van der Waals surface area contributed by atoms with E-state index in [9.17, 15) is 4.79 Å². The molecular formula is C26H30N2O2. The van der Waals surface area contributed by atoms with Gasteiger partial charge in [0.25, 0.3) is 0 Å². The van der Waals surface area contributed by atoms with Crippen molar-refractivity contribution in [1.82, 2.24) is 9.88 Å². The van der Waals surface area contributed by atoms with Gasteiger partial charge < -0.3 is 14.6 Å². The van der Waals surface area contributed by atoms with Crippen LogP contribution in [0.15, 0.2) is 48.7 Å². The Morgan fingerprint density at radius 1 is 1.10 bits per heavy atom. The Morgan fingerprint density at radius 2 is 1.93 bits per heavy atom. The molecule has 2 aromatic carbocycles. The molecule has 2 aliphatic rings. The monoisotopic (exact) mass is 402 g/mol. The van der Waals surface area contributed by atoms with Gasteiger partial charge in [-0.05, 0) is 78.8 Å². The summed E-state index contributed by atoms with van der Waals surface area (Å²) in [6.45, 7) is 1.73. The number of para-hydroxylation sites is 1. The predicted molar refractivity (Wildman–Crippen MR) is 120 cm³/mol. The van der Waals surface area contributed by atoms with Gasteiger partial charge >= 0.3 is 0 Å². The van der Waals surface area contributed by atoms with E-state index in [1.807, 2.05) is 6.07 Å². The molecule has 1 fully saturated rings. The van der Waals surface area contributed by atoms with Crippen LogP contribution in [0.5, 0.6) is 5.75 Å². The third-order valence-corrected chi connectivity index (χ3v) is 7.12. The number of likely N-dealkylation sites (tertiary alicyclic amines) is 1. The number of nitrogens with zero attached hydrogens (tertiary/aromatic N) is 1. The summed E-state index contributed by atoms with van der Waals surface area (Å²) in [4.78, 5) is 18.6. The van der Waals surface area contributed by atoms with E-state index in [0.29, 0.717) is 24.2 Å². The summed E-state index contributed by atoms with van der Waals surface area (Å²) >= 11 is 0.